The van der Waals surface area contributed by atoms with Crippen LogP contribution in [0.4, 0.5) is 0 Å². The maximum absolute atomic E-state index is 12.3. The number of carbonyl (C=O) groups is 2. The third-order valence-corrected chi connectivity index (χ3v) is 4.50. The Hall–Kier alpha value is -2.87. The Morgan fingerprint density at radius 1 is 1.21 bits per heavy atom. The zero-order chi connectivity index (χ0) is 17.1. The molecular weight excluding hydrogens is 328 g/mol. The first kappa shape index (κ1) is 16.0. The summed E-state index contributed by atoms with van der Waals surface area (Å²) in [5.41, 5.74) is 0.156. The molecule has 7 nitrogen and oxygen atoms in total. The van der Waals surface area contributed by atoms with Crippen molar-refractivity contribution >= 4 is 33.9 Å². The van der Waals surface area contributed by atoms with Crippen LogP contribution < -0.4 is 10.9 Å². The van der Waals surface area contributed by atoms with Gasteiger partial charge in [0, 0.05) is 11.8 Å². The van der Waals surface area contributed by atoms with E-state index < -0.39 is 0 Å². The molecule has 3 rings (SSSR count). The van der Waals surface area contributed by atoms with Gasteiger partial charge in [-0.15, -0.1) is 16.4 Å². The Morgan fingerprint density at radius 2 is 2.00 bits per heavy atom. The van der Waals surface area contributed by atoms with E-state index in [-0.39, 0.29) is 23.8 Å². The SMILES string of the molecule is CC(=O)NCc1ccc(C(=O)Cn2nnc3ccccc3c2=O)s1. The number of hydrogen-bond donors (Lipinski definition) is 1. The normalized spacial score (nSPS) is 10.7. The highest BCUT2D eigenvalue weighted by atomic mass is 32.1. The van der Waals surface area contributed by atoms with Crippen LogP contribution in [-0.4, -0.2) is 26.7 Å². The summed E-state index contributed by atoms with van der Waals surface area (Å²) >= 11 is 1.28. The van der Waals surface area contributed by atoms with Gasteiger partial charge in [-0.25, -0.2) is 4.68 Å². The first-order valence-electron chi connectivity index (χ1n) is 7.23. The summed E-state index contributed by atoms with van der Waals surface area (Å²) in [5.74, 6) is -0.352. The number of carbonyl (C=O) groups excluding carboxylic acids is 2. The Bertz CT molecular complexity index is 977. The number of thiophene rings is 1. The predicted octanol–water partition coefficient (Wildman–Crippen LogP) is 1.37. The number of rotatable bonds is 5. The lowest BCUT2D eigenvalue weighted by Crippen LogP contribution is -2.27. The lowest BCUT2D eigenvalue weighted by molar-refractivity contribution is -0.119. The lowest BCUT2D eigenvalue weighted by Gasteiger charge is -2.03. The minimum atomic E-state index is -0.344. The van der Waals surface area contributed by atoms with Crippen LogP contribution in [0.2, 0.25) is 0 Å². The second kappa shape index (κ2) is 6.71. The van der Waals surface area contributed by atoms with Crippen molar-refractivity contribution in [2.24, 2.45) is 0 Å². The molecule has 8 heteroatoms. The molecule has 1 aromatic carbocycles. The van der Waals surface area contributed by atoms with Gasteiger partial charge in [0.15, 0.2) is 5.78 Å². The first-order chi connectivity index (χ1) is 11.5. The Kier molecular flexibility index (Phi) is 4.48. The number of hydrogen-bond acceptors (Lipinski definition) is 6. The maximum Gasteiger partial charge on any atom is 0.278 e. The molecule has 0 aliphatic rings. The zero-order valence-corrected chi connectivity index (χ0v) is 13.7. The minimum absolute atomic E-state index is 0.130. The lowest BCUT2D eigenvalue weighted by atomic mass is 10.2. The Balaban J connectivity index is 1.79. The summed E-state index contributed by atoms with van der Waals surface area (Å²) < 4.78 is 1.07. The molecule has 0 aliphatic heterocycles. The monoisotopic (exact) mass is 342 g/mol. The van der Waals surface area contributed by atoms with E-state index in [4.69, 9.17) is 0 Å². The summed E-state index contributed by atoms with van der Waals surface area (Å²) in [6.07, 6.45) is 0. The summed E-state index contributed by atoms with van der Waals surface area (Å²) in [6, 6.07) is 10.3. The molecule has 122 valence electrons. The van der Waals surface area contributed by atoms with Gasteiger partial charge in [0.1, 0.15) is 12.1 Å². The average molecular weight is 342 g/mol. The fourth-order valence-electron chi connectivity index (χ4n) is 2.18. The molecule has 24 heavy (non-hydrogen) atoms. The number of aromatic nitrogens is 3. The summed E-state index contributed by atoms with van der Waals surface area (Å²) in [5, 5.41) is 10.9. The van der Waals surface area contributed by atoms with E-state index in [1.165, 1.54) is 18.3 Å². The highest BCUT2D eigenvalue weighted by Crippen LogP contribution is 2.17. The standard InChI is InChI=1S/C16H14N4O3S/c1-10(21)17-8-11-6-7-15(24-11)14(22)9-20-16(23)12-4-2-3-5-13(12)18-19-20/h2-7H,8-9H2,1H3,(H,17,21). The van der Waals surface area contributed by atoms with Crippen LogP contribution in [0.5, 0.6) is 0 Å². The Labute approximate surface area is 140 Å². The van der Waals surface area contributed by atoms with Crippen LogP contribution >= 0.6 is 11.3 Å². The third kappa shape index (κ3) is 3.38. The van der Waals surface area contributed by atoms with Crippen molar-refractivity contribution in [3.05, 3.63) is 56.5 Å². The van der Waals surface area contributed by atoms with Gasteiger partial charge in [0.05, 0.1) is 16.8 Å². The van der Waals surface area contributed by atoms with E-state index in [2.05, 4.69) is 15.6 Å². The molecule has 0 spiro atoms. The quantitative estimate of drug-likeness (QED) is 0.707. The van der Waals surface area contributed by atoms with Gasteiger partial charge in [0.2, 0.25) is 5.91 Å². The fourth-order valence-corrected chi connectivity index (χ4v) is 3.05. The van der Waals surface area contributed by atoms with Crippen LogP contribution in [-0.2, 0) is 17.9 Å². The van der Waals surface area contributed by atoms with E-state index >= 15 is 0 Å². The fraction of sp³-hybridized carbons (Fsp3) is 0.188. The molecule has 0 atom stereocenters. The van der Waals surface area contributed by atoms with Crippen molar-refractivity contribution in [1.82, 2.24) is 20.3 Å². The number of benzene rings is 1. The number of nitrogens with zero attached hydrogens (tertiary/aromatic N) is 3. The van der Waals surface area contributed by atoms with Gasteiger partial charge in [0.25, 0.3) is 5.56 Å². The van der Waals surface area contributed by atoms with Crippen molar-refractivity contribution in [3.8, 4) is 0 Å². The third-order valence-electron chi connectivity index (χ3n) is 3.37. The topological polar surface area (TPSA) is 93.9 Å². The number of nitrogens with one attached hydrogen (secondary N) is 1. The van der Waals surface area contributed by atoms with Crippen molar-refractivity contribution in [2.75, 3.05) is 0 Å². The molecule has 0 aliphatic carbocycles. The second-order valence-electron chi connectivity index (χ2n) is 5.17. The van der Waals surface area contributed by atoms with Crippen molar-refractivity contribution in [3.63, 3.8) is 0 Å². The molecule has 0 fully saturated rings. The highest BCUT2D eigenvalue weighted by Gasteiger charge is 2.13. The number of fused-ring (bicyclic) bond motifs is 1. The Morgan fingerprint density at radius 3 is 2.79 bits per heavy atom. The van der Waals surface area contributed by atoms with E-state index in [0.717, 1.165) is 9.56 Å². The molecular formula is C16H14N4O3S. The van der Waals surface area contributed by atoms with E-state index in [1.807, 2.05) is 0 Å². The molecule has 0 saturated carbocycles. The van der Waals surface area contributed by atoms with Crippen LogP contribution in [0.15, 0.2) is 41.2 Å². The highest BCUT2D eigenvalue weighted by molar-refractivity contribution is 7.14. The van der Waals surface area contributed by atoms with Gasteiger partial charge >= 0.3 is 0 Å². The summed E-state index contributed by atoms with van der Waals surface area (Å²) in [4.78, 5) is 37.0. The molecule has 3 aromatic rings. The van der Waals surface area contributed by atoms with E-state index in [0.29, 0.717) is 22.3 Å². The molecule has 0 bridgehead atoms. The van der Waals surface area contributed by atoms with Gasteiger partial charge in [-0.1, -0.05) is 17.3 Å². The average Bonchev–Trinajstić information content (AvgIpc) is 3.05. The van der Waals surface area contributed by atoms with Crippen LogP contribution in [0.1, 0.15) is 21.5 Å². The molecule has 2 aromatic heterocycles. The van der Waals surface area contributed by atoms with Crippen molar-refractivity contribution < 1.29 is 9.59 Å². The van der Waals surface area contributed by atoms with Gasteiger partial charge in [-0.2, -0.15) is 0 Å². The number of Topliss-reactive ketones (excluding diaryl/α,β-unsaturated/α-hetero) is 1. The molecule has 1 amide bonds. The largest absolute Gasteiger partial charge is 0.351 e. The van der Waals surface area contributed by atoms with Crippen molar-refractivity contribution in [1.29, 1.82) is 0 Å². The maximum atomic E-state index is 12.3. The van der Waals surface area contributed by atoms with Crippen LogP contribution in [0.3, 0.4) is 0 Å². The predicted molar refractivity (Wildman–Crippen MR) is 90.0 cm³/mol. The van der Waals surface area contributed by atoms with E-state index in [9.17, 15) is 14.4 Å². The van der Waals surface area contributed by atoms with Gasteiger partial charge in [-0.05, 0) is 24.3 Å². The molecule has 0 radical (unpaired) electrons. The van der Waals surface area contributed by atoms with Crippen molar-refractivity contribution in [2.45, 2.75) is 20.0 Å². The molecule has 0 unspecified atom stereocenters. The minimum Gasteiger partial charge on any atom is -0.351 e. The van der Waals surface area contributed by atoms with Crippen LogP contribution in [0.25, 0.3) is 10.9 Å². The second-order valence-corrected chi connectivity index (χ2v) is 6.34. The van der Waals surface area contributed by atoms with Gasteiger partial charge < -0.3 is 5.32 Å². The summed E-state index contributed by atoms with van der Waals surface area (Å²) in [6.45, 7) is 1.64. The van der Waals surface area contributed by atoms with Gasteiger partial charge in [-0.3, -0.25) is 14.4 Å². The molecule has 0 saturated heterocycles. The number of ketones is 1. The smallest absolute Gasteiger partial charge is 0.278 e. The van der Waals surface area contributed by atoms with E-state index in [1.54, 1.807) is 36.4 Å². The number of amides is 1. The van der Waals surface area contributed by atoms with Crippen LogP contribution in [0, 0.1) is 0 Å². The first-order valence-corrected chi connectivity index (χ1v) is 8.05. The molecule has 1 N–H and O–H groups in total. The zero-order valence-electron chi connectivity index (χ0n) is 12.9. The summed E-state index contributed by atoms with van der Waals surface area (Å²) in [7, 11) is 0. The molecule has 2 heterocycles.